The van der Waals surface area contributed by atoms with Crippen LogP contribution < -0.4 is 9.80 Å². The molecule has 0 bridgehead atoms. The zero-order valence-corrected chi connectivity index (χ0v) is 36.9. The second-order valence-electron chi connectivity index (χ2n) is 17.6. The molecule has 0 saturated carbocycles. The monoisotopic (exact) mass is 855 g/mol. The standard InChI is InChI=1S/C64H45N3/c1-6-18-49(19-7-1)65(50-20-8-2-9-21-50)54-35-29-44(30-36-54)56-37-31-45-32-39-58-63-48(33-38-57(56)62(45)63)43-61-64(58)59-42-47(34-40-60(59)67(61)53-26-14-5-15-27-53)46-17-16-28-55(41-46)66(51-22-10-3-11-23-51)52-24-12-4-13-25-52/h1-24,26-43,52H,25H2. The van der Waals surface area contributed by atoms with Crippen molar-refractivity contribution in [3.8, 4) is 27.9 Å². The van der Waals surface area contributed by atoms with Gasteiger partial charge < -0.3 is 14.4 Å². The van der Waals surface area contributed by atoms with E-state index in [9.17, 15) is 0 Å². The van der Waals surface area contributed by atoms with Crippen molar-refractivity contribution in [1.29, 1.82) is 0 Å². The second kappa shape index (κ2) is 16.1. The molecule has 1 heterocycles. The number of hydrogen-bond acceptors (Lipinski definition) is 2. The Kier molecular flexibility index (Phi) is 9.31. The summed E-state index contributed by atoms with van der Waals surface area (Å²) >= 11 is 0. The van der Waals surface area contributed by atoms with Crippen LogP contribution in [0.15, 0.2) is 255 Å². The molecule has 3 heteroatoms. The summed E-state index contributed by atoms with van der Waals surface area (Å²) < 4.78 is 2.46. The van der Waals surface area contributed by atoms with Gasteiger partial charge in [-0.1, -0.05) is 164 Å². The number of allylic oxidation sites excluding steroid dienone is 2. The van der Waals surface area contributed by atoms with Crippen molar-refractivity contribution >= 4 is 82.6 Å². The van der Waals surface area contributed by atoms with Crippen molar-refractivity contribution in [2.45, 2.75) is 12.5 Å². The number of anilines is 5. The lowest BCUT2D eigenvalue weighted by Crippen LogP contribution is -2.29. The van der Waals surface area contributed by atoms with Gasteiger partial charge in [-0.3, -0.25) is 0 Å². The van der Waals surface area contributed by atoms with Crippen molar-refractivity contribution in [3.63, 3.8) is 0 Å². The Bertz CT molecular complexity index is 3780. The average Bonchev–Trinajstić information content (AvgIpc) is 3.73. The van der Waals surface area contributed by atoms with Crippen LogP contribution in [0.1, 0.15) is 6.42 Å². The molecule has 1 aliphatic carbocycles. The Hall–Kier alpha value is -8.66. The zero-order chi connectivity index (χ0) is 44.3. The van der Waals surface area contributed by atoms with Gasteiger partial charge in [-0.05, 0) is 152 Å². The van der Waals surface area contributed by atoms with Gasteiger partial charge in [0.05, 0.1) is 17.1 Å². The molecule has 0 amide bonds. The van der Waals surface area contributed by atoms with Crippen molar-refractivity contribution in [3.05, 3.63) is 255 Å². The van der Waals surface area contributed by atoms with E-state index in [1.54, 1.807) is 0 Å². The van der Waals surface area contributed by atoms with Gasteiger partial charge in [0.15, 0.2) is 0 Å². The summed E-state index contributed by atoms with van der Waals surface area (Å²) in [4.78, 5) is 4.79. The predicted molar refractivity (Wildman–Crippen MR) is 285 cm³/mol. The van der Waals surface area contributed by atoms with E-state index in [4.69, 9.17) is 0 Å². The summed E-state index contributed by atoms with van der Waals surface area (Å²) in [5.74, 6) is 0. The molecule has 0 aliphatic heterocycles. The molecular weight excluding hydrogens is 811 g/mol. The molecule has 1 unspecified atom stereocenters. The van der Waals surface area contributed by atoms with Gasteiger partial charge >= 0.3 is 0 Å². The lowest BCUT2D eigenvalue weighted by Gasteiger charge is -2.33. The highest BCUT2D eigenvalue weighted by molar-refractivity contribution is 6.34. The maximum absolute atomic E-state index is 2.47. The summed E-state index contributed by atoms with van der Waals surface area (Å²) in [6.45, 7) is 0. The Morgan fingerprint density at radius 2 is 0.970 bits per heavy atom. The molecule has 0 N–H and O–H groups in total. The molecule has 12 aromatic rings. The van der Waals surface area contributed by atoms with Crippen LogP contribution in [0, 0.1) is 0 Å². The molecule has 0 radical (unpaired) electrons. The van der Waals surface area contributed by atoms with Gasteiger partial charge in [-0.25, -0.2) is 0 Å². The number of aromatic nitrogens is 1. The Labute approximate surface area is 390 Å². The molecule has 13 rings (SSSR count). The number of fused-ring (bicyclic) bond motifs is 4. The summed E-state index contributed by atoms with van der Waals surface area (Å²) in [6, 6.07) is 84.7. The lowest BCUT2D eigenvalue weighted by molar-refractivity contribution is 0.785. The first-order valence-corrected chi connectivity index (χ1v) is 23.3. The third-order valence-electron chi connectivity index (χ3n) is 13.8. The smallest absolute Gasteiger partial charge is 0.0559 e. The van der Waals surface area contributed by atoms with Crippen LogP contribution in [-0.4, -0.2) is 10.6 Å². The molecule has 1 atom stereocenters. The normalized spacial score (nSPS) is 13.6. The number of hydrogen-bond donors (Lipinski definition) is 0. The van der Waals surface area contributed by atoms with E-state index in [-0.39, 0.29) is 6.04 Å². The van der Waals surface area contributed by atoms with Gasteiger partial charge in [0.25, 0.3) is 0 Å². The van der Waals surface area contributed by atoms with E-state index in [1.165, 1.54) is 87.8 Å². The largest absolute Gasteiger partial charge is 0.334 e. The van der Waals surface area contributed by atoms with Gasteiger partial charge in [0.2, 0.25) is 0 Å². The maximum atomic E-state index is 2.47. The van der Waals surface area contributed by atoms with Gasteiger partial charge in [-0.2, -0.15) is 0 Å². The molecule has 3 nitrogen and oxygen atoms in total. The Balaban J connectivity index is 0.978. The molecule has 316 valence electrons. The summed E-state index contributed by atoms with van der Waals surface area (Å²) in [5, 5.41) is 10.2. The third kappa shape index (κ3) is 6.58. The van der Waals surface area contributed by atoms with E-state index in [0.29, 0.717) is 0 Å². The number of benzene rings is 11. The SMILES string of the molecule is C1=CCC(N(c2ccccc2)c2cccc(-c3ccc4c(c3)c3c5ccc6ccc(-c7ccc(N(c8ccccc8)c8ccccc8)cc7)c7ccc(cc3n4-c3ccccc3)c5c67)c2)C=C1. The van der Waals surface area contributed by atoms with E-state index in [2.05, 4.69) is 269 Å². The van der Waals surface area contributed by atoms with Gasteiger partial charge in [-0.15, -0.1) is 0 Å². The number of para-hydroxylation sites is 4. The molecule has 67 heavy (non-hydrogen) atoms. The van der Waals surface area contributed by atoms with E-state index < -0.39 is 0 Å². The Morgan fingerprint density at radius 1 is 0.373 bits per heavy atom. The number of nitrogens with zero attached hydrogens (tertiary/aromatic N) is 3. The fraction of sp³-hybridized carbons (Fsp3) is 0.0312. The van der Waals surface area contributed by atoms with Crippen LogP contribution in [-0.2, 0) is 0 Å². The minimum Gasteiger partial charge on any atom is -0.334 e. The summed E-state index contributed by atoms with van der Waals surface area (Å²) in [6.07, 6.45) is 9.86. The first kappa shape index (κ1) is 38.8. The maximum Gasteiger partial charge on any atom is 0.0559 e. The highest BCUT2D eigenvalue weighted by Crippen LogP contribution is 2.46. The Morgan fingerprint density at radius 3 is 1.69 bits per heavy atom. The molecule has 11 aromatic carbocycles. The van der Waals surface area contributed by atoms with E-state index >= 15 is 0 Å². The van der Waals surface area contributed by atoms with E-state index in [0.717, 1.165) is 29.2 Å². The predicted octanol–water partition coefficient (Wildman–Crippen LogP) is 17.5. The first-order chi connectivity index (χ1) is 33.2. The van der Waals surface area contributed by atoms with Crippen LogP contribution in [0.25, 0.3) is 82.1 Å². The van der Waals surface area contributed by atoms with Gasteiger partial charge in [0.1, 0.15) is 0 Å². The van der Waals surface area contributed by atoms with Crippen LogP contribution >= 0.6 is 0 Å². The molecular formula is C64H45N3. The lowest BCUT2D eigenvalue weighted by atomic mass is 9.88. The minimum absolute atomic E-state index is 0.228. The highest BCUT2D eigenvalue weighted by atomic mass is 15.2. The fourth-order valence-electron chi connectivity index (χ4n) is 10.8. The second-order valence-corrected chi connectivity index (χ2v) is 17.6. The molecule has 1 aliphatic rings. The average molecular weight is 856 g/mol. The highest BCUT2D eigenvalue weighted by Gasteiger charge is 2.23. The van der Waals surface area contributed by atoms with Crippen LogP contribution in [0.2, 0.25) is 0 Å². The van der Waals surface area contributed by atoms with Crippen LogP contribution in [0.3, 0.4) is 0 Å². The van der Waals surface area contributed by atoms with Crippen LogP contribution in [0.5, 0.6) is 0 Å². The van der Waals surface area contributed by atoms with Gasteiger partial charge in [0, 0.05) is 44.9 Å². The van der Waals surface area contributed by atoms with E-state index in [1.807, 2.05) is 0 Å². The van der Waals surface area contributed by atoms with Crippen molar-refractivity contribution in [2.24, 2.45) is 0 Å². The van der Waals surface area contributed by atoms with Crippen LogP contribution in [0.4, 0.5) is 28.4 Å². The molecule has 1 aromatic heterocycles. The minimum atomic E-state index is 0.228. The zero-order valence-electron chi connectivity index (χ0n) is 36.9. The van der Waals surface area contributed by atoms with Crippen molar-refractivity contribution in [1.82, 2.24) is 4.57 Å². The third-order valence-corrected chi connectivity index (χ3v) is 13.8. The summed E-state index contributed by atoms with van der Waals surface area (Å²) in [5.41, 5.74) is 14.1. The first-order valence-electron chi connectivity index (χ1n) is 23.3. The topological polar surface area (TPSA) is 11.4 Å². The number of rotatable bonds is 9. The molecule has 0 spiro atoms. The van der Waals surface area contributed by atoms with Crippen molar-refractivity contribution < 1.29 is 0 Å². The summed E-state index contributed by atoms with van der Waals surface area (Å²) in [7, 11) is 0. The molecule has 0 fully saturated rings. The fourth-order valence-corrected chi connectivity index (χ4v) is 10.8. The van der Waals surface area contributed by atoms with Crippen molar-refractivity contribution in [2.75, 3.05) is 9.80 Å². The quantitative estimate of drug-likeness (QED) is 0.134. The molecule has 0 saturated heterocycles.